The molecule has 0 aliphatic carbocycles. The molecule has 1 amide bonds. The molecule has 1 atom stereocenters. The van der Waals surface area contributed by atoms with Gasteiger partial charge >= 0.3 is 0 Å². The van der Waals surface area contributed by atoms with Crippen molar-refractivity contribution in [3.8, 4) is 0 Å². The molecular formula is C17H21N3OS. The zero-order chi connectivity index (χ0) is 15.5. The Morgan fingerprint density at radius 1 is 1.45 bits per heavy atom. The Hall–Kier alpha value is -1.88. The van der Waals surface area contributed by atoms with E-state index in [1.165, 1.54) is 5.56 Å². The summed E-state index contributed by atoms with van der Waals surface area (Å²) >= 11 is 1.54. The van der Waals surface area contributed by atoms with Crippen LogP contribution in [0.1, 0.15) is 39.6 Å². The number of hydrogen-bond acceptors (Lipinski definition) is 4. The van der Waals surface area contributed by atoms with Crippen LogP contribution in [-0.2, 0) is 0 Å². The van der Waals surface area contributed by atoms with Crippen LogP contribution in [0.5, 0.6) is 0 Å². The molecule has 3 heterocycles. The fourth-order valence-electron chi connectivity index (χ4n) is 3.01. The molecule has 0 spiro atoms. The maximum atomic E-state index is 12.7. The van der Waals surface area contributed by atoms with Crippen LogP contribution in [0.3, 0.4) is 0 Å². The van der Waals surface area contributed by atoms with Crippen molar-refractivity contribution in [3.63, 3.8) is 0 Å². The van der Waals surface area contributed by atoms with Gasteiger partial charge in [0, 0.05) is 32.3 Å². The molecule has 22 heavy (non-hydrogen) atoms. The summed E-state index contributed by atoms with van der Waals surface area (Å²) in [7, 11) is 1.88. The van der Waals surface area contributed by atoms with Crippen molar-refractivity contribution in [1.29, 1.82) is 0 Å². The molecule has 3 rings (SSSR count). The highest BCUT2D eigenvalue weighted by atomic mass is 32.1. The Kier molecular flexibility index (Phi) is 4.43. The smallest absolute Gasteiger partial charge is 0.264 e. The molecule has 0 aromatic carbocycles. The summed E-state index contributed by atoms with van der Waals surface area (Å²) in [6.07, 6.45) is 4.02. The molecule has 2 aromatic rings. The first-order valence-electron chi connectivity index (χ1n) is 7.66. The fraction of sp³-hybridized carbons (Fsp3) is 0.412. The van der Waals surface area contributed by atoms with Crippen LogP contribution in [0.25, 0.3) is 0 Å². The van der Waals surface area contributed by atoms with E-state index in [2.05, 4.69) is 22.4 Å². The van der Waals surface area contributed by atoms with E-state index < -0.39 is 0 Å². The molecule has 2 aromatic heterocycles. The monoisotopic (exact) mass is 315 g/mol. The molecule has 0 bridgehead atoms. The Morgan fingerprint density at radius 2 is 2.32 bits per heavy atom. The molecule has 5 heteroatoms. The third-order valence-electron chi connectivity index (χ3n) is 4.28. The summed E-state index contributed by atoms with van der Waals surface area (Å²) in [5, 5.41) is 5.07. The number of carbonyl (C=O) groups excluding carboxylic acids is 1. The van der Waals surface area contributed by atoms with Crippen LogP contribution in [0.4, 0.5) is 5.82 Å². The number of likely N-dealkylation sites (tertiary alicyclic amines) is 1. The van der Waals surface area contributed by atoms with Gasteiger partial charge in [-0.2, -0.15) is 0 Å². The number of anilines is 1. The predicted molar refractivity (Wildman–Crippen MR) is 90.7 cm³/mol. The molecule has 1 saturated heterocycles. The zero-order valence-electron chi connectivity index (χ0n) is 13.0. The molecule has 0 unspecified atom stereocenters. The summed E-state index contributed by atoms with van der Waals surface area (Å²) in [5.41, 5.74) is 2.35. The molecular weight excluding hydrogens is 294 g/mol. The van der Waals surface area contributed by atoms with E-state index in [1.807, 2.05) is 36.5 Å². The third kappa shape index (κ3) is 2.99. The Balaban J connectivity index is 1.76. The Morgan fingerprint density at radius 3 is 3.05 bits per heavy atom. The summed E-state index contributed by atoms with van der Waals surface area (Å²) in [5.74, 6) is 1.46. The molecule has 1 aliphatic heterocycles. The topological polar surface area (TPSA) is 45.2 Å². The Labute approximate surface area is 135 Å². The van der Waals surface area contributed by atoms with E-state index in [0.717, 1.165) is 42.2 Å². The van der Waals surface area contributed by atoms with Crippen LogP contribution in [0.2, 0.25) is 0 Å². The highest BCUT2D eigenvalue weighted by molar-refractivity contribution is 7.12. The van der Waals surface area contributed by atoms with E-state index in [0.29, 0.717) is 5.92 Å². The lowest BCUT2D eigenvalue weighted by Gasteiger charge is -2.33. The van der Waals surface area contributed by atoms with Gasteiger partial charge in [0.15, 0.2) is 0 Å². The van der Waals surface area contributed by atoms with Crippen molar-refractivity contribution in [2.75, 3.05) is 25.5 Å². The second-order valence-corrected chi connectivity index (χ2v) is 6.66. The number of carbonyl (C=O) groups is 1. The molecule has 1 aliphatic rings. The minimum absolute atomic E-state index is 0.181. The number of hydrogen-bond donors (Lipinski definition) is 1. The number of aryl methyl sites for hydroxylation is 1. The summed E-state index contributed by atoms with van der Waals surface area (Å²) in [6.45, 7) is 3.66. The van der Waals surface area contributed by atoms with Gasteiger partial charge in [0.25, 0.3) is 5.91 Å². The van der Waals surface area contributed by atoms with Gasteiger partial charge in [-0.05, 0) is 54.5 Å². The van der Waals surface area contributed by atoms with E-state index >= 15 is 0 Å². The van der Waals surface area contributed by atoms with Gasteiger partial charge in [-0.15, -0.1) is 11.3 Å². The van der Waals surface area contributed by atoms with Crippen LogP contribution in [-0.4, -0.2) is 35.9 Å². The second-order valence-electron chi connectivity index (χ2n) is 5.75. The largest absolute Gasteiger partial charge is 0.373 e. The quantitative estimate of drug-likeness (QED) is 0.942. The number of aromatic nitrogens is 1. The first-order valence-corrected chi connectivity index (χ1v) is 8.54. The van der Waals surface area contributed by atoms with Gasteiger partial charge in [0.2, 0.25) is 0 Å². The second kappa shape index (κ2) is 6.48. The van der Waals surface area contributed by atoms with Crippen LogP contribution in [0.15, 0.2) is 29.8 Å². The molecule has 1 fully saturated rings. The van der Waals surface area contributed by atoms with E-state index in [4.69, 9.17) is 0 Å². The van der Waals surface area contributed by atoms with Gasteiger partial charge in [-0.1, -0.05) is 0 Å². The minimum Gasteiger partial charge on any atom is -0.373 e. The van der Waals surface area contributed by atoms with Crippen molar-refractivity contribution in [3.05, 3.63) is 45.8 Å². The molecule has 1 N–H and O–H groups in total. The average Bonchev–Trinajstić information content (AvgIpc) is 3.00. The lowest BCUT2D eigenvalue weighted by molar-refractivity contribution is 0.0711. The summed E-state index contributed by atoms with van der Waals surface area (Å²) < 4.78 is 0. The molecule has 116 valence electrons. The van der Waals surface area contributed by atoms with Crippen LogP contribution >= 0.6 is 11.3 Å². The SMILES string of the molecule is CNc1cc([C@@H]2CCCN(C(=O)c3sccc3C)C2)ccn1. The average molecular weight is 315 g/mol. The number of thiophene rings is 1. The standard InChI is InChI=1S/C17H21N3OS/c1-12-6-9-22-16(12)17(21)20-8-3-4-14(11-20)13-5-7-19-15(10-13)18-2/h5-7,9-10,14H,3-4,8,11H2,1-2H3,(H,18,19)/t14-/m1/s1. The van der Waals surface area contributed by atoms with Crippen LogP contribution in [0, 0.1) is 6.92 Å². The number of nitrogens with one attached hydrogen (secondary N) is 1. The van der Waals surface area contributed by atoms with Crippen molar-refractivity contribution >= 4 is 23.1 Å². The van der Waals surface area contributed by atoms with Crippen LogP contribution < -0.4 is 5.32 Å². The third-order valence-corrected chi connectivity index (χ3v) is 5.28. The fourth-order valence-corrected chi connectivity index (χ4v) is 3.90. The molecule has 4 nitrogen and oxygen atoms in total. The molecule has 0 saturated carbocycles. The Bertz CT molecular complexity index is 667. The highest BCUT2D eigenvalue weighted by Crippen LogP contribution is 2.29. The predicted octanol–water partition coefficient (Wildman–Crippen LogP) is 3.51. The van der Waals surface area contributed by atoms with E-state index in [9.17, 15) is 4.79 Å². The maximum Gasteiger partial charge on any atom is 0.264 e. The summed E-state index contributed by atoms with van der Waals surface area (Å²) in [6, 6.07) is 6.17. The zero-order valence-corrected chi connectivity index (χ0v) is 13.8. The van der Waals surface area contributed by atoms with Gasteiger partial charge in [-0.25, -0.2) is 4.98 Å². The number of amides is 1. The number of nitrogens with zero attached hydrogens (tertiary/aromatic N) is 2. The first-order chi connectivity index (χ1) is 10.7. The van der Waals surface area contributed by atoms with Gasteiger partial charge in [0.1, 0.15) is 5.82 Å². The van der Waals surface area contributed by atoms with Crippen molar-refractivity contribution in [1.82, 2.24) is 9.88 Å². The van der Waals surface area contributed by atoms with E-state index in [-0.39, 0.29) is 5.91 Å². The lowest BCUT2D eigenvalue weighted by Crippen LogP contribution is -2.39. The van der Waals surface area contributed by atoms with Gasteiger partial charge in [0.05, 0.1) is 4.88 Å². The van der Waals surface area contributed by atoms with Gasteiger partial charge in [-0.3, -0.25) is 4.79 Å². The highest BCUT2D eigenvalue weighted by Gasteiger charge is 2.26. The lowest BCUT2D eigenvalue weighted by atomic mass is 9.91. The summed E-state index contributed by atoms with van der Waals surface area (Å²) in [4.78, 5) is 19.8. The van der Waals surface area contributed by atoms with Crippen molar-refractivity contribution < 1.29 is 4.79 Å². The normalized spacial score (nSPS) is 18.3. The molecule has 0 radical (unpaired) electrons. The number of rotatable bonds is 3. The number of pyridine rings is 1. The van der Waals surface area contributed by atoms with E-state index in [1.54, 1.807) is 11.3 Å². The minimum atomic E-state index is 0.181. The first kappa shape index (κ1) is 15.0. The van der Waals surface area contributed by atoms with Crippen molar-refractivity contribution in [2.24, 2.45) is 0 Å². The maximum absolute atomic E-state index is 12.7. The van der Waals surface area contributed by atoms with Gasteiger partial charge < -0.3 is 10.2 Å². The number of piperidine rings is 1. The van der Waals surface area contributed by atoms with Crippen molar-refractivity contribution in [2.45, 2.75) is 25.7 Å².